The average molecular weight is 415 g/mol. The maximum atomic E-state index is 13.1. The molecule has 0 aliphatic rings. The smallest absolute Gasteiger partial charge is 0.261 e. The number of rotatable bonds is 6. The van der Waals surface area contributed by atoms with Crippen LogP contribution in [0.4, 0.5) is 11.4 Å². The van der Waals surface area contributed by atoms with Crippen LogP contribution in [0.15, 0.2) is 79.3 Å². The standard InChI is InChI=1S/C23H21N5O3/c1-16(29)25-17-5-7-18(8-6-17)26-22(30)21-15-24-28(23(21)27-13-3-4-14-27)19-9-11-20(31-2)12-10-19/h3-15H,1-2H3,(H,25,29)(H,26,30). The molecule has 4 aromatic rings. The molecule has 0 spiro atoms. The minimum Gasteiger partial charge on any atom is -0.497 e. The van der Waals surface area contributed by atoms with Crippen LogP contribution >= 0.6 is 0 Å². The molecule has 8 heteroatoms. The topological polar surface area (TPSA) is 90.2 Å². The van der Waals surface area contributed by atoms with E-state index in [-0.39, 0.29) is 11.8 Å². The third-order valence-corrected chi connectivity index (χ3v) is 4.62. The Kier molecular flexibility index (Phi) is 5.53. The molecule has 2 heterocycles. The molecule has 8 nitrogen and oxygen atoms in total. The Hall–Kier alpha value is -4.33. The number of anilines is 2. The van der Waals surface area contributed by atoms with Gasteiger partial charge in [0.25, 0.3) is 5.91 Å². The number of nitrogens with one attached hydrogen (secondary N) is 2. The van der Waals surface area contributed by atoms with Crippen LogP contribution in [0.2, 0.25) is 0 Å². The van der Waals surface area contributed by atoms with E-state index < -0.39 is 0 Å². The Balaban J connectivity index is 1.65. The number of hydrogen-bond acceptors (Lipinski definition) is 4. The van der Waals surface area contributed by atoms with Crippen molar-refractivity contribution in [3.05, 3.63) is 84.8 Å². The van der Waals surface area contributed by atoms with E-state index in [1.54, 1.807) is 42.3 Å². The highest BCUT2D eigenvalue weighted by molar-refractivity contribution is 6.06. The van der Waals surface area contributed by atoms with Gasteiger partial charge in [-0.25, -0.2) is 4.68 Å². The maximum absolute atomic E-state index is 13.1. The zero-order chi connectivity index (χ0) is 21.8. The van der Waals surface area contributed by atoms with Crippen molar-refractivity contribution in [3.8, 4) is 17.3 Å². The summed E-state index contributed by atoms with van der Waals surface area (Å²) in [6.07, 6.45) is 5.26. The number of carbonyl (C=O) groups excluding carboxylic acids is 2. The lowest BCUT2D eigenvalue weighted by molar-refractivity contribution is -0.114. The molecule has 0 fully saturated rings. The second-order valence-electron chi connectivity index (χ2n) is 6.79. The predicted molar refractivity (Wildman–Crippen MR) is 118 cm³/mol. The van der Waals surface area contributed by atoms with E-state index >= 15 is 0 Å². The van der Waals surface area contributed by atoms with Crippen LogP contribution in [0.1, 0.15) is 17.3 Å². The lowest BCUT2D eigenvalue weighted by Gasteiger charge is -2.12. The van der Waals surface area contributed by atoms with E-state index in [0.29, 0.717) is 22.8 Å². The second kappa shape index (κ2) is 8.58. The number of amides is 2. The summed E-state index contributed by atoms with van der Waals surface area (Å²) in [4.78, 5) is 24.2. The highest BCUT2D eigenvalue weighted by Crippen LogP contribution is 2.23. The molecule has 0 saturated carbocycles. The molecule has 31 heavy (non-hydrogen) atoms. The van der Waals surface area contributed by atoms with Crippen LogP contribution < -0.4 is 15.4 Å². The number of ether oxygens (including phenoxy) is 1. The van der Waals surface area contributed by atoms with Crippen molar-refractivity contribution in [1.82, 2.24) is 14.3 Å². The molecule has 0 saturated heterocycles. The number of hydrogen-bond donors (Lipinski definition) is 2. The maximum Gasteiger partial charge on any atom is 0.261 e. The van der Waals surface area contributed by atoms with Crippen molar-refractivity contribution < 1.29 is 14.3 Å². The summed E-state index contributed by atoms with van der Waals surface area (Å²) in [5, 5.41) is 10.0. The molecule has 0 atom stereocenters. The molecule has 0 radical (unpaired) electrons. The van der Waals surface area contributed by atoms with Crippen LogP contribution in [-0.4, -0.2) is 33.3 Å². The molecule has 156 valence electrons. The van der Waals surface area contributed by atoms with E-state index in [9.17, 15) is 9.59 Å². The molecule has 0 aliphatic heterocycles. The minimum atomic E-state index is -0.296. The lowest BCUT2D eigenvalue weighted by Crippen LogP contribution is -2.15. The lowest BCUT2D eigenvalue weighted by atomic mass is 10.2. The van der Waals surface area contributed by atoms with Crippen molar-refractivity contribution in [3.63, 3.8) is 0 Å². The van der Waals surface area contributed by atoms with Crippen LogP contribution in [0, 0.1) is 0 Å². The van der Waals surface area contributed by atoms with E-state index in [0.717, 1.165) is 11.4 Å². The largest absolute Gasteiger partial charge is 0.497 e. The monoisotopic (exact) mass is 415 g/mol. The molecular formula is C23H21N5O3. The van der Waals surface area contributed by atoms with Gasteiger partial charge in [0.15, 0.2) is 5.82 Å². The SMILES string of the molecule is COc1ccc(-n2ncc(C(=O)Nc3ccc(NC(C)=O)cc3)c2-n2cccc2)cc1. The number of nitrogens with zero attached hydrogens (tertiary/aromatic N) is 3. The van der Waals surface area contributed by atoms with Gasteiger partial charge in [-0.05, 0) is 60.7 Å². The minimum absolute atomic E-state index is 0.154. The zero-order valence-corrected chi connectivity index (χ0v) is 17.1. The van der Waals surface area contributed by atoms with Crippen LogP contribution in [-0.2, 0) is 4.79 Å². The quantitative estimate of drug-likeness (QED) is 0.500. The van der Waals surface area contributed by atoms with E-state index in [1.165, 1.54) is 6.92 Å². The first-order chi connectivity index (χ1) is 15.0. The number of benzene rings is 2. The van der Waals surface area contributed by atoms with E-state index in [4.69, 9.17) is 4.74 Å². The Morgan fingerprint density at radius 1 is 0.903 bits per heavy atom. The second-order valence-corrected chi connectivity index (χ2v) is 6.79. The average Bonchev–Trinajstić information content (AvgIpc) is 3.44. The number of methoxy groups -OCH3 is 1. The summed E-state index contributed by atoms with van der Waals surface area (Å²) in [5.74, 6) is 0.900. The van der Waals surface area contributed by atoms with Crippen molar-refractivity contribution in [1.29, 1.82) is 0 Å². The molecule has 0 bridgehead atoms. The van der Waals surface area contributed by atoms with Crippen LogP contribution in [0.5, 0.6) is 5.75 Å². The van der Waals surface area contributed by atoms with Gasteiger partial charge < -0.3 is 19.9 Å². The molecule has 0 aliphatic carbocycles. The van der Waals surface area contributed by atoms with Gasteiger partial charge in [0.1, 0.15) is 11.3 Å². The summed E-state index contributed by atoms with van der Waals surface area (Å²) in [6.45, 7) is 1.44. The van der Waals surface area contributed by atoms with Gasteiger partial charge in [-0.15, -0.1) is 0 Å². The van der Waals surface area contributed by atoms with E-state index in [2.05, 4.69) is 15.7 Å². The molecule has 2 aromatic carbocycles. The zero-order valence-electron chi connectivity index (χ0n) is 17.1. The van der Waals surface area contributed by atoms with Gasteiger partial charge in [-0.2, -0.15) is 5.10 Å². The van der Waals surface area contributed by atoms with Crippen molar-refractivity contribution in [2.45, 2.75) is 6.92 Å². The summed E-state index contributed by atoms with van der Waals surface area (Å²) < 4.78 is 8.77. The first-order valence-electron chi connectivity index (χ1n) is 9.60. The molecule has 2 aromatic heterocycles. The predicted octanol–water partition coefficient (Wildman–Crippen LogP) is 3.88. The number of aromatic nitrogens is 3. The highest BCUT2D eigenvalue weighted by Gasteiger charge is 2.20. The van der Waals surface area contributed by atoms with Gasteiger partial charge in [0, 0.05) is 30.7 Å². The summed E-state index contributed by atoms with van der Waals surface area (Å²) in [5.41, 5.74) is 2.47. The van der Waals surface area contributed by atoms with Gasteiger partial charge >= 0.3 is 0 Å². The fourth-order valence-corrected chi connectivity index (χ4v) is 3.18. The van der Waals surface area contributed by atoms with Gasteiger partial charge in [-0.1, -0.05) is 0 Å². The summed E-state index contributed by atoms with van der Waals surface area (Å²) in [6, 6.07) is 18.1. The van der Waals surface area contributed by atoms with Gasteiger partial charge in [-0.3, -0.25) is 9.59 Å². The van der Waals surface area contributed by atoms with Gasteiger partial charge in [0.2, 0.25) is 5.91 Å². The Morgan fingerprint density at radius 3 is 2.10 bits per heavy atom. The van der Waals surface area contributed by atoms with Gasteiger partial charge in [0.05, 0.1) is 19.0 Å². The first kappa shape index (κ1) is 20.0. The fraction of sp³-hybridized carbons (Fsp3) is 0.0870. The Morgan fingerprint density at radius 2 is 1.52 bits per heavy atom. The summed E-state index contributed by atoms with van der Waals surface area (Å²) in [7, 11) is 1.61. The fourth-order valence-electron chi connectivity index (χ4n) is 3.18. The first-order valence-corrected chi connectivity index (χ1v) is 9.60. The normalized spacial score (nSPS) is 10.5. The Labute approximate surface area is 179 Å². The van der Waals surface area contributed by atoms with Crippen molar-refractivity contribution in [2.75, 3.05) is 17.7 Å². The highest BCUT2D eigenvalue weighted by atomic mass is 16.5. The molecule has 2 N–H and O–H groups in total. The summed E-state index contributed by atoms with van der Waals surface area (Å²) >= 11 is 0. The van der Waals surface area contributed by atoms with Crippen LogP contribution in [0.3, 0.4) is 0 Å². The number of carbonyl (C=O) groups is 2. The molecular weight excluding hydrogens is 394 g/mol. The van der Waals surface area contributed by atoms with E-state index in [1.807, 2.05) is 53.4 Å². The molecule has 2 amide bonds. The van der Waals surface area contributed by atoms with Crippen molar-refractivity contribution >= 4 is 23.2 Å². The molecule has 4 rings (SSSR count). The van der Waals surface area contributed by atoms with Crippen molar-refractivity contribution in [2.24, 2.45) is 0 Å². The third kappa shape index (κ3) is 4.32. The Bertz CT molecular complexity index is 1190. The van der Waals surface area contributed by atoms with Crippen LogP contribution in [0.25, 0.3) is 11.5 Å². The third-order valence-electron chi connectivity index (χ3n) is 4.62. The molecule has 0 unspecified atom stereocenters.